The van der Waals surface area contributed by atoms with Gasteiger partial charge in [0.25, 0.3) is 0 Å². The van der Waals surface area contributed by atoms with Crippen LogP contribution >= 0.6 is 12.4 Å². The molecule has 3 rings (SSSR count). The highest BCUT2D eigenvalue weighted by Crippen LogP contribution is 2.39. The summed E-state index contributed by atoms with van der Waals surface area (Å²) < 4.78 is 0. The van der Waals surface area contributed by atoms with Gasteiger partial charge in [0.05, 0.1) is 0 Å². The molecule has 2 nitrogen and oxygen atoms in total. The maximum Gasteiger partial charge on any atom is 0.115 e. The van der Waals surface area contributed by atoms with Gasteiger partial charge in [-0.2, -0.15) is 0 Å². The minimum atomic E-state index is 0. The summed E-state index contributed by atoms with van der Waals surface area (Å²) in [6, 6.07) is 16.2. The average Bonchev–Trinajstić information content (AvgIpc) is 3.08. The molecule has 94 valence electrons. The average molecular weight is 262 g/mol. The number of nitrogens with two attached hydrogens (primary N) is 1. The maximum absolute atomic E-state index is 9.24. The van der Waals surface area contributed by atoms with Gasteiger partial charge in [-0.3, -0.25) is 0 Å². The molecule has 0 heterocycles. The van der Waals surface area contributed by atoms with Crippen molar-refractivity contribution < 1.29 is 5.11 Å². The molecule has 2 aromatic rings. The van der Waals surface area contributed by atoms with E-state index in [1.807, 2.05) is 12.1 Å². The van der Waals surface area contributed by atoms with Crippen molar-refractivity contribution in [2.24, 2.45) is 5.73 Å². The van der Waals surface area contributed by atoms with Gasteiger partial charge in [0.15, 0.2) is 0 Å². The quantitative estimate of drug-likeness (QED) is 0.871. The molecule has 1 aliphatic carbocycles. The Labute approximate surface area is 113 Å². The Morgan fingerprint density at radius 1 is 0.889 bits per heavy atom. The molecule has 0 aromatic heterocycles. The van der Waals surface area contributed by atoms with Crippen LogP contribution in [0.5, 0.6) is 5.75 Å². The largest absolute Gasteiger partial charge is 0.508 e. The summed E-state index contributed by atoms with van der Waals surface area (Å²) in [6.07, 6.45) is 1.11. The molecule has 0 aliphatic heterocycles. The van der Waals surface area contributed by atoms with E-state index in [9.17, 15) is 5.11 Å². The summed E-state index contributed by atoms with van der Waals surface area (Å²) >= 11 is 0. The molecule has 1 saturated carbocycles. The first kappa shape index (κ1) is 12.9. The van der Waals surface area contributed by atoms with Crippen LogP contribution in [0.15, 0.2) is 48.5 Å². The Morgan fingerprint density at radius 2 is 1.33 bits per heavy atom. The zero-order valence-corrected chi connectivity index (χ0v) is 10.7. The molecule has 0 amide bonds. The van der Waals surface area contributed by atoms with Crippen molar-refractivity contribution >= 4 is 12.4 Å². The van der Waals surface area contributed by atoms with Crippen LogP contribution in [0.25, 0.3) is 11.1 Å². The summed E-state index contributed by atoms with van der Waals surface area (Å²) in [5.74, 6) is 0.859. The van der Waals surface area contributed by atoms with E-state index in [0.717, 1.165) is 12.0 Å². The van der Waals surface area contributed by atoms with Gasteiger partial charge in [-0.15, -0.1) is 12.4 Å². The molecule has 0 bridgehead atoms. The Hall–Kier alpha value is -1.51. The van der Waals surface area contributed by atoms with E-state index in [-0.39, 0.29) is 12.4 Å². The summed E-state index contributed by atoms with van der Waals surface area (Å²) in [5.41, 5.74) is 9.46. The van der Waals surface area contributed by atoms with Crippen molar-refractivity contribution in [2.45, 2.75) is 18.4 Å². The minimum absolute atomic E-state index is 0. The SMILES string of the molecule is Cl.N[C@H]1C[C@@H]1c1ccc(-c2ccc(O)cc2)cc1. The minimum Gasteiger partial charge on any atom is -0.508 e. The predicted octanol–water partition coefficient (Wildman–Crippen LogP) is 3.30. The third-order valence-corrected chi connectivity index (χ3v) is 3.38. The Bertz CT molecular complexity index is 521. The van der Waals surface area contributed by atoms with Gasteiger partial charge in [-0.25, -0.2) is 0 Å². The maximum atomic E-state index is 9.24. The van der Waals surface area contributed by atoms with Crippen LogP contribution in [0, 0.1) is 0 Å². The second kappa shape index (κ2) is 5.01. The lowest BCUT2D eigenvalue weighted by molar-refractivity contribution is 0.475. The topological polar surface area (TPSA) is 46.2 Å². The van der Waals surface area contributed by atoms with Crippen LogP contribution in [0.3, 0.4) is 0 Å². The normalized spacial score (nSPS) is 21.2. The number of rotatable bonds is 2. The second-order valence-electron chi connectivity index (χ2n) is 4.67. The molecular formula is C15H16ClNO. The molecule has 2 atom stereocenters. The van der Waals surface area contributed by atoms with Crippen LogP contribution < -0.4 is 5.73 Å². The molecule has 3 N–H and O–H groups in total. The van der Waals surface area contributed by atoms with Gasteiger partial charge >= 0.3 is 0 Å². The number of hydrogen-bond acceptors (Lipinski definition) is 2. The van der Waals surface area contributed by atoms with Crippen molar-refractivity contribution in [3.8, 4) is 16.9 Å². The van der Waals surface area contributed by atoms with Gasteiger partial charge < -0.3 is 10.8 Å². The van der Waals surface area contributed by atoms with Crippen molar-refractivity contribution in [3.05, 3.63) is 54.1 Å². The Kier molecular flexibility index (Phi) is 3.60. The van der Waals surface area contributed by atoms with Crippen molar-refractivity contribution in [3.63, 3.8) is 0 Å². The molecule has 0 saturated heterocycles. The van der Waals surface area contributed by atoms with E-state index in [0.29, 0.717) is 17.7 Å². The zero-order chi connectivity index (χ0) is 11.8. The van der Waals surface area contributed by atoms with Crippen LogP contribution in [0.2, 0.25) is 0 Å². The van der Waals surface area contributed by atoms with Crippen LogP contribution in [0.4, 0.5) is 0 Å². The van der Waals surface area contributed by atoms with Crippen LogP contribution in [-0.2, 0) is 0 Å². The number of aromatic hydroxyl groups is 1. The molecule has 2 aromatic carbocycles. The van der Waals surface area contributed by atoms with Gasteiger partial charge in [0.1, 0.15) is 5.75 Å². The lowest BCUT2D eigenvalue weighted by atomic mass is 10.0. The third-order valence-electron chi connectivity index (χ3n) is 3.38. The van der Waals surface area contributed by atoms with E-state index in [2.05, 4.69) is 24.3 Å². The van der Waals surface area contributed by atoms with E-state index in [1.54, 1.807) is 12.1 Å². The number of phenols is 1. The molecule has 18 heavy (non-hydrogen) atoms. The number of hydrogen-bond donors (Lipinski definition) is 2. The van der Waals surface area contributed by atoms with Gasteiger partial charge in [0, 0.05) is 12.0 Å². The van der Waals surface area contributed by atoms with Crippen LogP contribution in [0.1, 0.15) is 17.9 Å². The summed E-state index contributed by atoms with van der Waals surface area (Å²) in [5, 5.41) is 9.24. The number of benzene rings is 2. The fourth-order valence-corrected chi connectivity index (χ4v) is 2.17. The van der Waals surface area contributed by atoms with E-state index < -0.39 is 0 Å². The molecule has 1 aliphatic rings. The zero-order valence-electron chi connectivity index (χ0n) is 9.91. The highest BCUT2D eigenvalue weighted by molar-refractivity contribution is 5.85. The lowest BCUT2D eigenvalue weighted by Gasteiger charge is -2.04. The summed E-state index contributed by atoms with van der Waals surface area (Å²) in [4.78, 5) is 0. The standard InChI is InChI=1S/C15H15NO.ClH/c16-15-9-14(15)12-3-1-10(2-4-12)11-5-7-13(17)8-6-11;/h1-8,14-15,17H,9,16H2;1H/t14-,15+;/m1./s1. The van der Waals surface area contributed by atoms with Crippen molar-refractivity contribution in [1.82, 2.24) is 0 Å². The fourth-order valence-electron chi connectivity index (χ4n) is 2.17. The number of halogens is 1. The Morgan fingerprint density at radius 3 is 1.78 bits per heavy atom. The Balaban J connectivity index is 0.00000120. The van der Waals surface area contributed by atoms with Gasteiger partial charge in [-0.1, -0.05) is 36.4 Å². The van der Waals surface area contributed by atoms with Gasteiger partial charge in [-0.05, 0) is 35.2 Å². The van der Waals surface area contributed by atoms with E-state index >= 15 is 0 Å². The lowest BCUT2D eigenvalue weighted by Crippen LogP contribution is -2.00. The first-order valence-corrected chi connectivity index (χ1v) is 5.89. The molecule has 0 spiro atoms. The van der Waals surface area contributed by atoms with Crippen molar-refractivity contribution in [1.29, 1.82) is 0 Å². The molecule has 3 heteroatoms. The third kappa shape index (κ3) is 2.50. The first-order valence-electron chi connectivity index (χ1n) is 5.89. The summed E-state index contributed by atoms with van der Waals surface area (Å²) in [6.45, 7) is 0. The highest BCUT2D eigenvalue weighted by atomic mass is 35.5. The highest BCUT2D eigenvalue weighted by Gasteiger charge is 2.34. The van der Waals surface area contributed by atoms with E-state index in [1.165, 1.54) is 11.1 Å². The smallest absolute Gasteiger partial charge is 0.115 e. The van der Waals surface area contributed by atoms with Gasteiger partial charge in [0.2, 0.25) is 0 Å². The van der Waals surface area contributed by atoms with Crippen molar-refractivity contribution in [2.75, 3.05) is 0 Å². The molecule has 1 fully saturated rings. The van der Waals surface area contributed by atoms with E-state index in [4.69, 9.17) is 5.73 Å². The monoisotopic (exact) mass is 261 g/mol. The number of phenolic OH excluding ortho intramolecular Hbond substituents is 1. The molecular weight excluding hydrogens is 246 g/mol. The molecule has 0 radical (unpaired) electrons. The fraction of sp³-hybridized carbons (Fsp3) is 0.200. The predicted molar refractivity (Wildman–Crippen MR) is 76.1 cm³/mol. The van der Waals surface area contributed by atoms with Crippen LogP contribution in [-0.4, -0.2) is 11.1 Å². The molecule has 0 unspecified atom stereocenters. The summed E-state index contributed by atoms with van der Waals surface area (Å²) in [7, 11) is 0. The second-order valence-corrected chi connectivity index (χ2v) is 4.67. The first-order chi connectivity index (χ1) is 8.24.